The number of aromatic nitrogens is 4. The van der Waals surface area contributed by atoms with Crippen LogP contribution in [0.3, 0.4) is 0 Å². The summed E-state index contributed by atoms with van der Waals surface area (Å²) in [5, 5.41) is 4.68. The molecule has 0 fully saturated rings. The van der Waals surface area contributed by atoms with Crippen LogP contribution < -0.4 is 0 Å². The van der Waals surface area contributed by atoms with Gasteiger partial charge < -0.3 is 0 Å². The van der Waals surface area contributed by atoms with Crippen LogP contribution in [0.4, 0.5) is 0 Å². The van der Waals surface area contributed by atoms with Crippen LogP contribution in [0.25, 0.3) is 28.2 Å². The molecule has 23 heavy (non-hydrogen) atoms. The van der Waals surface area contributed by atoms with Gasteiger partial charge in [0.1, 0.15) is 6.29 Å². The molecular weight excluding hydrogens is 288 g/mol. The lowest BCUT2D eigenvalue weighted by atomic mass is 10.1. The molecule has 0 N–H and O–H groups in total. The Balaban J connectivity index is 1.85. The van der Waals surface area contributed by atoms with Crippen molar-refractivity contribution in [2.45, 2.75) is 0 Å². The zero-order valence-electron chi connectivity index (χ0n) is 12.1. The second kappa shape index (κ2) is 5.46. The van der Waals surface area contributed by atoms with E-state index >= 15 is 0 Å². The van der Waals surface area contributed by atoms with Gasteiger partial charge in [-0.3, -0.25) is 9.78 Å². The lowest BCUT2D eigenvalue weighted by molar-refractivity contribution is 0.112. The van der Waals surface area contributed by atoms with Crippen molar-refractivity contribution in [3.05, 3.63) is 72.7 Å². The van der Waals surface area contributed by atoms with Crippen LogP contribution in [0.1, 0.15) is 10.4 Å². The molecule has 0 unspecified atom stereocenters. The van der Waals surface area contributed by atoms with E-state index in [1.165, 1.54) is 0 Å². The van der Waals surface area contributed by atoms with Crippen molar-refractivity contribution in [2.75, 3.05) is 0 Å². The molecule has 0 bridgehead atoms. The number of rotatable bonds is 3. The van der Waals surface area contributed by atoms with Crippen molar-refractivity contribution in [1.82, 2.24) is 19.6 Å². The molecule has 3 heterocycles. The summed E-state index contributed by atoms with van der Waals surface area (Å²) in [7, 11) is 0. The topological polar surface area (TPSA) is 60.2 Å². The zero-order chi connectivity index (χ0) is 15.6. The Bertz CT molecular complexity index is 975. The molecule has 0 aliphatic rings. The first-order valence-corrected chi connectivity index (χ1v) is 7.16. The predicted molar refractivity (Wildman–Crippen MR) is 87.0 cm³/mol. The number of aldehydes is 1. The third-order valence-electron chi connectivity index (χ3n) is 3.68. The smallest absolute Gasteiger partial charge is 0.154 e. The molecule has 4 aromatic rings. The first-order valence-electron chi connectivity index (χ1n) is 7.16. The van der Waals surface area contributed by atoms with Crippen LogP contribution in [-0.2, 0) is 0 Å². The molecule has 110 valence electrons. The van der Waals surface area contributed by atoms with Crippen LogP contribution >= 0.6 is 0 Å². The molecular formula is C18H12N4O. The maximum absolute atomic E-state index is 10.8. The Morgan fingerprint density at radius 1 is 0.870 bits per heavy atom. The number of carbonyl (C=O) groups is 1. The van der Waals surface area contributed by atoms with Gasteiger partial charge in [-0.2, -0.15) is 5.10 Å². The fraction of sp³-hybridized carbons (Fsp3) is 0. The first kappa shape index (κ1) is 13.3. The summed E-state index contributed by atoms with van der Waals surface area (Å²) in [5.41, 5.74) is 5.11. The lowest BCUT2D eigenvalue weighted by Gasteiger charge is -2.04. The summed E-state index contributed by atoms with van der Waals surface area (Å²) in [4.78, 5) is 19.2. The highest BCUT2D eigenvalue weighted by molar-refractivity contribution is 5.76. The average molecular weight is 300 g/mol. The number of fused-ring (bicyclic) bond motifs is 1. The van der Waals surface area contributed by atoms with Crippen molar-refractivity contribution >= 4 is 11.9 Å². The summed E-state index contributed by atoms with van der Waals surface area (Å²) in [6, 6.07) is 15.1. The molecule has 5 heteroatoms. The van der Waals surface area contributed by atoms with Gasteiger partial charge in [0.15, 0.2) is 5.65 Å². The predicted octanol–water partition coefficient (Wildman–Crippen LogP) is 3.27. The number of pyridine rings is 1. The van der Waals surface area contributed by atoms with Gasteiger partial charge >= 0.3 is 0 Å². The number of nitrogens with zero attached hydrogens (tertiary/aromatic N) is 4. The van der Waals surface area contributed by atoms with E-state index in [4.69, 9.17) is 0 Å². The van der Waals surface area contributed by atoms with Crippen LogP contribution in [0.2, 0.25) is 0 Å². The largest absolute Gasteiger partial charge is 0.298 e. The molecule has 0 aliphatic heterocycles. The van der Waals surface area contributed by atoms with Gasteiger partial charge in [-0.05, 0) is 24.3 Å². The minimum Gasteiger partial charge on any atom is -0.298 e. The Hall–Kier alpha value is -3.34. The molecule has 0 aliphatic carbocycles. The molecule has 0 saturated carbocycles. The minimum atomic E-state index is 0.646. The van der Waals surface area contributed by atoms with Crippen molar-refractivity contribution < 1.29 is 4.79 Å². The molecule has 0 radical (unpaired) electrons. The molecule has 0 atom stereocenters. The number of benzene rings is 1. The summed E-state index contributed by atoms with van der Waals surface area (Å²) in [6.45, 7) is 0. The second-order valence-corrected chi connectivity index (χ2v) is 5.11. The van der Waals surface area contributed by atoms with Crippen LogP contribution in [-0.4, -0.2) is 25.9 Å². The molecule has 1 aromatic carbocycles. The van der Waals surface area contributed by atoms with Gasteiger partial charge in [0.05, 0.1) is 17.6 Å². The van der Waals surface area contributed by atoms with Crippen molar-refractivity contribution in [3.8, 4) is 22.5 Å². The Labute approximate surface area is 132 Å². The Morgan fingerprint density at radius 2 is 1.65 bits per heavy atom. The van der Waals surface area contributed by atoms with Gasteiger partial charge in [-0.15, -0.1) is 0 Å². The Morgan fingerprint density at radius 3 is 2.39 bits per heavy atom. The molecule has 0 amide bonds. The third-order valence-corrected chi connectivity index (χ3v) is 3.68. The molecule has 0 spiro atoms. The summed E-state index contributed by atoms with van der Waals surface area (Å²) in [5.74, 6) is 0. The quantitative estimate of drug-likeness (QED) is 0.545. The standard InChI is InChI=1S/C18H12N4O/c23-12-13-1-3-15(4-2-13)17-11-20-18-6-5-16(21-22(17)18)14-7-9-19-10-8-14/h1-12H. The van der Waals surface area contributed by atoms with Crippen LogP contribution in [0.15, 0.2) is 67.1 Å². The maximum atomic E-state index is 10.8. The van der Waals surface area contributed by atoms with Gasteiger partial charge in [-0.25, -0.2) is 9.50 Å². The third kappa shape index (κ3) is 2.38. The number of hydrogen-bond acceptors (Lipinski definition) is 4. The number of hydrogen-bond donors (Lipinski definition) is 0. The van der Waals surface area contributed by atoms with Crippen molar-refractivity contribution in [3.63, 3.8) is 0 Å². The summed E-state index contributed by atoms with van der Waals surface area (Å²) in [6.07, 6.45) is 6.11. The van der Waals surface area contributed by atoms with Crippen molar-refractivity contribution in [1.29, 1.82) is 0 Å². The van der Waals surface area contributed by atoms with Crippen LogP contribution in [0.5, 0.6) is 0 Å². The van der Waals surface area contributed by atoms with Crippen LogP contribution in [0, 0.1) is 0 Å². The maximum Gasteiger partial charge on any atom is 0.154 e. The zero-order valence-corrected chi connectivity index (χ0v) is 12.1. The SMILES string of the molecule is O=Cc1ccc(-c2cnc3ccc(-c4ccncc4)nn23)cc1. The molecule has 4 rings (SSSR count). The normalized spacial score (nSPS) is 10.8. The second-order valence-electron chi connectivity index (χ2n) is 5.11. The highest BCUT2D eigenvalue weighted by Gasteiger charge is 2.09. The lowest BCUT2D eigenvalue weighted by Crippen LogP contribution is -1.96. The van der Waals surface area contributed by atoms with Gasteiger partial charge in [-0.1, -0.05) is 24.3 Å². The van der Waals surface area contributed by atoms with E-state index in [-0.39, 0.29) is 0 Å². The number of carbonyl (C=O) groups excluding carboxylic acids is 1. The summed E-state index contributed by atoms with van der Waals surface area (Å²) >= 11 is 0. The van der Waals surface area contributed by atoms with E-state index in [1.54, 1.807) is 30.7 Å². The van der Waals surface area contributed by atoms with E-state index in [1.807, 2.05) is 40.9 Å². The van der Waals surface area contributed by atoms with E-state index in [0.717, 1.165) is 34.4 Å². The molecule has 0 saturated heterocycles. The molecule has 3 aromatic heterocycles. The average Bonchev–Trinajstić information content (AvgIpc) is 3.05. The first-order chi connectivity index (χ1) is 11.3. The fourth-order valence-corrected chi connectivity index (χ4v) is 2.48. The van der Waals surface area contributed by atoms with Crippen molar-refractivity contribution in [2.24, 2.45) is 0 Å². The van der Waals surface area contributed by atoms with Gasteiger partial charge in [0.2, 0.25) is 0 Å². The van der Waals surface area contributed by atoms with Gasteiger partial charge in [0.25, 0.3) is 0 Å². The molecule has 5 nitrogen and oxygen atoms in total. The highest BCUT2D eigenvalue weighted by atomic mass is 16.1. The fourth-order valence-electron chi connectivity index (χ4n) is 2.48. The highest BCUT2D eigenvalue weighted by Crippen LogP contribution is 2.22. The monoisotopic (exact) mass is 300 g/mol. The number of imidazole rings is 1. The summed E-state index contributed by atoms with van der Waals surface area (Å²) < 4.78 is 1.81. The van der Waals surface area contributed by atoms with E-state index < -0.39 is 0 Å². The van der Waals surface area contributed by atoms with E-state index in [9.17, 15) is 4.79 Å². The Kier molecular flexibility index (Phi) is 3.16. The minimum absolute atomic E-state index is 0.646. The van der Waals surface area contributed by atoms with E-state index in [2.05, 4.69) is 15.1 Å². The van der Waals surface area contributed by atoms with Gasteiger partial charge in [0, 0.05) is 29.1 Å². The van der Waals surface area contributed by atoms with E-state index in [0.29, 0.717) is 5.56 Å².